The second-order valence-corrected chi connectivity index (χ2v) is 6.56. The van der Waals surface area contributed by atoms with E-state index in [9.17, 15) is 4.79 Å². The molecular formula is C14H22O2S. The topological polar surface area (TPSA) is 26.3 Å². The largest absolute Gasteiger partial charge is 0.348 e. The highest BCUT2D eigenvalue weighted by atomic mass is 32.2. The zero-order chi connectivity index (χ0) is 13.1. The average Bonchev–Trinajstić information content (AvgIpc) is 2.51. The molecule has 0 bridgehead atoms. The van der Waals surface area contributed by atoms with Crippen molar-refractivity contribution in [2.24, 2.45) is 5.41 Å². The van der Waals surface area contributed by atoms with E-state index in [1.807, 2.05) is 31.2 Å². The van der Waals surface area contributed by atoms with Crippen molar-refractivity contribution in [2.45, 2.75) is 52.1 Å². The third-order valence-electron chi connectivity index (χ3n) is 2.58. The molecule has 1 rings (SSSR count). The maximum atomic E-state index is 12.0. The molecule has 1 aliphatic heterocycles. The van der Waals surface area contributed by atoms with E-state index in [4.69, 9.17) is 4.74 Å². The van der Waals surface area contributed by atoms with Crippen LogP contribution in [-0.2, 0) is 9.53 Å². The fourth-order valence-corrected chi connectivity index (χ4v) is 2.57. The van der Waals surface area contributed by atoms with Gasteiger partial charge >= 0.3 is 0 Å². The molecule has 1 saturated heterocycles. The Bertz CT molecular complexity index is 339. The molecule has 1 fully saturated rings. The zero-order valence-electron chi connectivity index (χ0n) is 11.3. The Labute approximate surface area is 108 Å². The van der Waals surface area contributed by atoms with Crippen molar-refractivity contribution >= 4 is 16.9 Å². The summed E-state index contributed by atoms with van der Waals surface area (Å²) in [5.74, 6) is 0. The smallest absolute Gasteiger partial charge is 0.227 e. The summed E-state index contributed by atoms with van der Waals surface area (Å²) in [7, 11) is 0. The molecule has 0 spiro atoms. The minimum Gasteiger partial charge on any atom is -0.348 e. The number of allylic oxidation sites excluding steroid dienone is 3. The van der Waals surface area contributed by atoms with E-state index >= 15 is 0 Å². The van der Waals surface area contributed by atoms with E-state index in [-0.39, 0.29) is 16.0 Å². The Morgan fingerprint density at radius 1 is 1.41 bits per heavy atom. The van der Waals surface area contributed by atoms with Crippen LogP contribution in [0.15, 0.2) is 24.3 Å². The Balaban J connectivity index is 2.75. The first-order valence-electron chi connectivity index (χ1n) is 6.03. The first kappa shape index (κ1) is 14.5. The molecular weight excluding hydrogens is 232 g/mol. The predicted molar refractivity (Wildman–Crippen MR) is 73.9 cm³/mol. The molecule has 0 aromatic rings. The summed E-state index contributed by atoms with van der Waals surface area (Å²) < 4.78 is 5.90. The molecule has 1 aliphatic rings. The molecule has 0 N–H and O–H groups in total. The lowest BCUT2D eigenvalue weighted by atomic mass is 9.97. The summed E-state index contributed by atoms with van der Waals surface area (Å²) in [4.78, 5) is 12.0. The first-order valence-corrected chi connectivity index (χ1v) is 6.91. The van der Waals surface area contributed by atoms with E-state index in [0.29, 0.717) is 0 Å². The Morgan fingerprint density at radius 2 is 2.06 bits per heavy atom. The highest BCUT2D eigenvalue weighted by Gasteiger charge is 2.47. The van der Waals surface area contributed by atoms with Crippen LogP contribution >= 0.6 is 11.8 Å². The van der Waals surface area contributed by atoms with Crippen molar-refractivity contribution in [1.82, 2.24) is 0 Å². The Morgan fingerprint density at radius 3 is 2.53 bits per heavy atom. The predicted octanol–water partition coefficient (Wildman–Crippen LogP) is 3.93. The number of hydrogen-bond donors (Lipinski definition) is 0. The van der Waals surface area contributed by atoms with Gasteiger partial charge in [-0.25, -0.2) is 0 Å². The number of carbonyl (C=O) groups excluding carboxylic acids is 1. The monoisotopic (exact) mass is 254 g/mol. The summed E-state index contributed by atoms with van der Waals surface area (Å²) >= 11 is 1.31. The molecule has 0 saturated carbocycles. The van der Waals surface area contributed by atoms with E-state index in [2.05, 4.69) is 27.7 Å². The first-order chi connectivity index (χ1) is 7.79. The second-order valence-electron chi connectivity index (χ2n) is 5.52. The van der Waals surface area contributed by atoms with Gasteiger partial charge in [0.1, 0.15) is 5.44 Å². The van der Waals surface area contributed by atoms with Gasteiger partial charge in [0.05, 0.1) is 0 Å². The van der Waals surface area contributed by atoms with Crippen LogP contribution in [0.25, 0.3) is 0 Å². The molecule has 2 nitrogen and oxygen atoms in total. The van der Waals surface area contributed by atoms with Crippen molar-refractivity contribution in [1.29, 1.82) is 0 Å². The Hall–Kier alpha value is -0.540. The van der Waals surface area contributed by atoms with Crippen LogP contribution in [-0.4, -0.2) is 16.2 Å². The third kappa shape index (κ3) is 3.71. The summed E-state index contributed by atoms with van der Waals surface area (Å²) in [5.41, 5.74) is -0.869. The van der Waals surface area contributed by atoms with E-state index in [0.717, 1.165) is 6.42 Å². The maximum Gasteiger partial charge on any atom is 0.227 e. The number of hydrogen-bond acceptors (Lipinski definition) is 3. The van der Waals surface area contributed by atoms with Crippen molar-refractivity contribution in [3.05, 3.63) is 24.3 Å². The highest BCUT2D eigenvalue weighted by molar-refractivity contribution is 8.14. The van der Waals surface area contributed by atoms with Gasteiger partial charge < -0.3 is 4.74 Å². The van der Waals surface area contributed by atoms with E-state index in [1.165, 1.54) is 11.8 Å². The number of ether oxygens (including phenoxy) is 1. The van der Waals surface area contributed by atoms with E-state index in [1.54, 1.807) is 0 Å². The van der Waals surface area contributed by atoms with E-state index < -0.39 is 5.60 Å². The molecule has 0 amide bonds. The lowest BCUT2D eigenvalue weighted by Crippen LogP contribution is -2.32. The molecule has 0 aromatic carbocycles. The molecule has 0 aromatic heterocycles. The van der Waals surface area contributed by atoms with Crippen LogP contribution in [0.5, 0.6) is 0 Å². The van der Waals surface area contributed by atoms with Crippen LogP contribution in [0.4, 0.5) is 0 Å². The molecule has 1 heterocycles. The normalized spacial score (nSPS) is 30.9. The molecule has 0 aliphatic carbocycles. The zero-order valence-corrected chi connectivity index (χ0v) is 12.1. The summed E-state index contributed by atoms with van der Waals surface area (Å²) in [6.45, 7) is 10.2. The van der Waals surface area contributed by atoms with Crippen LogP contribution in [0, 0.1) is 5.41 Å². The lowest BCUT2D eigenvalue weighted by molar-refractivity contribution is -0.127. The Kier molecular flexibility index (Phi) is 4.62. The molecule has 96 valence electrons. The minimum absolute atomic E-state index is 0.0226. The van der Waals surface area contributed by atoms with Gasteiger partial charge in [0.25, 0.3) is 0 Å². The van der Waals surface area contributed by atoms with Crippen molar-refractivity contribution < 1.29 is 9.53 Å². The highest BCUT2D eigenvalue weighted by Crippen LogP contribution is 2.44. The quantitative estimate of drug-likeness (QED) is 0.714. The van der Waals surface area contributed by atoms with Gasteiger partial charge in [0.2, 0.25) is 5.12 Å². The summed E-state index contributed by atoms with van der Waals surface area (Å²) in [6, 6.07) is 0. The molecule has 0 radical (unpaired) electrons. The number of carbonyl (C=O) groups is 1. The van der Waals surface area contributed by atoms with Gasteiger partial charge in [-0.1, -0.05) is 57.7 Å². The SMILES string of the molecule is CCC=CC=CC1(C)OC(C(C)(C)C)SC1=O. The summed E-state index contributed by atoms with van der Waals surface area (Å²) in [6.07, 6.45) is 8.74. The average molecular weight is 254 g/mol. The number of thioether (sulfide) groups is 1. The fraction of sp³-hybridized carbons (Fsp3) is 0.643. The van der Waals surface area contributed by atoms with Crippen molar-refractivity contribution in [3.8, 4) is 0 Å². The fourth-order valence-electron chi connectivity index (χ4n) is 1.42. The minimum atomic E-state index is -0.777. The van der Waals surface area contributed by atoms with Crippen molar-refractivity contribution in [2.75, 3.05) is 0 Å². The number of rotatable bonds is 3. The van der Waals surface area contributed by atoms with Gasteiger partial charge in [-0.2, -0.15) is 0 Å². The summed E-state index contributed by atoms with van der Waals surface area (Å²) in [5, 5.41) is 0.0959. The van der Waals surface area contributed by atoms with Gasteiger partial charge in [-0.05, 0) is 24.8 Å². The lowest BCUT2D eigenvalue weighted by Gasteiger charge is -2.27. The third-order valence-corrected chi connectivity index (χ3v) is 4.21. The van der Waals surface area contributed by atoms with Crippen molar-refractivity contribution in [3.63, 3.8) is 0 Å². The maximum absolute atomic E-state index is 12.0. The van der Waals surface area contributed by atoms with Gasteiger partial charge in [0.15, 0.2) is 5.60 Å². The second kappa shape index (κ2) is 5.40. The van der Waals surface area contributed by atoms with Gasteiger partial charge in [0, 0.05) is 0 Å². The molecule has 3 heteroatoms. The van der Waals surface area contributed by atoms with Gasteiger partial charge in [-0.3, -0.25) is 4.79 Å². The van der Waals surface area contributed by atoms with Crippen LogP contribution in [0.1, 0.15) is 41.0 Å². The molecule has 2 atom stereocenters. The molecule has 2 unspecified atom stereocenters. The van der Waals surface area contributed by atoms with Crippen LogP contribution < -0.4 is 0 Å². The van der Waals surface area contributed by atoms with Crippen LogP contribution in [0.3, 0.4) is 0 Å². The standard InChI is InChI=1S/C14H22O2S/c1-6-7-8-9-10-14(5)11(15)17-12(16-14)13(2,3)4/h7-10,12H,6H2,1-5H3. The van der Waals surface area contributed by atoms with Gasteiger partial charge in [-0.15, -0.1) is 0 Å². The van der Waals surface area contributed by atoms with Crippen LogP contribution in [0.2, 0.25) is 0 Å². The molecule has 17 heavy (non-hydrogen) atoms.